The zero-order valence-corrected chi connectivity index (χ0v) is 18.5. The highest BCUT2D eigenvalue weighted by Gasteiger charge is 2.11. The molecule has 5 heteroatoms. The molecule has 4 aromatic carbocycles. The maximum atomic E-state index is 14.8. The van der Waals surface area contributed by atoms with Crippen LogP contribution in [0.1, 0.15) is 0 Å². The fourth-order valence-corrected chi connectivity index (χ4v) is 3.72. The molecule has 0 aromatic heterocycles. The van der Waals surface area contributed by atoms with Crippen molar-refractivity contribution in [3.05, 3.63) is 100 Å². The number of hydrogen-bond acceptors (Lipinski definition) is 2. The average molecular weight is 525 g/mol. The van der Waals surface area contributed by atoms with Gasteiger partial charge in [0.2, 0.25) is 0 Å². The topological polar surface area (TPSA) is 12.4 Å². The second-order valence-electron chi connectivity index (χ2n) is 6.65. The number of thiocarbonyl (C=S) groups is 1. The van der Waals surface area contributed by atoms with Crippen molar-refractivity contribution in [2.75, 3.05) is 0 Å². The molecule has 4 rings (SSSR count). The number of benzene rings is 4. The van der Waals surface area contributed by atoms with Crippen molar-refractivity contribution < 1.29 is 8.78 Å². The lowest BCUT2D eigenvalue weighted by Crippen LogP contribution is -1.89. The Hall–Kier alpha value is -2.73. The van der Waals surface area contributed by atoms with Crippen molar-refractivity contribution in [2.24, 2.45) is 4.99 Å². The number of nitrogens with zero attached hydrogens (tertiary/aromatic N) is 1. The van der Waals surface area contributed by atoms with E-state index in [0.29, 0.717) is 27.9 Å². The molecule has 0 aliphatic heterocycles. The second-order valence-corrected chi connectivity index (χ2v) is 8.07. The lowest BCUT2D eigenvalue weighted by atomic mass is 9.97. The van der Waals surface area contributed by atoms with Crippen LogP contribution >= 0.6 is 34.8 Å². The van der Waals surface area contributed by atoms with Crippen molar-refractivity contribution in [2.45, 2.75) is 0 Å². The Morgan fingerprint density at radius 1 is 0.633 bits per heavy atom. The molecule has 30 heavy (non-hydrogen) atoms. The Kier molecular flexibility index (Phi) is 6.13. The molecule has 0 heterocycles. The summed E-state index contributed by atoms with van der Waals surface area (Å²) in [7, 11) is 0. The summed E-state index contributed by atoms with van der Waals surface area (Å²) >= 11 is 6.80. The summed E-state index contributed by atoms with van der Waals surface area (Å²) in [5, 5.41) is 2.30. The second kappa shape index (κ2) is 8.96. The SMILES string of the molecule is Fc1cc(-c2ccc(-c3ccc(N=C=S)cc3)c(F)c2)ccc1-c1ccc(I)cc1. The van der Waals surface area contributed by atoms with Crippen LogP contribution in [0.3, 0.4) is 0 Å². The highest BCUT2D eigenvalue weighted by molar-refractivity contribution is 14.1. The maximum Gasteiger partial charge on any atom is 0.131 e. The first-order valence-corrected chi connectivity index (χ1v) is 10.6. The minimum Gasteiger partial charge on any atom is -0.206 e. The summed E-state index contributed by atoms with van der Waals surface area (Å²) in [4.78, 5) is 3.89. The molecule has 0 N–H and O–H groups in total. The predicted molar refractivity (Wildman–Crippen MR) is 130 cm³/mol. The molecule has 0 bridgehead atoms. The van der Waals surface area contributed by atoms with Gasteiger partial charge in [0, 0.05) is 14.7 Å². The van der Waals surface area contributed by atoms with E-state index in [1.54, 1.807) is 42.5 Å². The third-order valence-corrected chi connectivity index (χ3v) is 5.59. The molecule has 0 saturated carbocycles. The minimum absolute atomic E-state index is 0.340. The summed E-state index contributed by atoms with van der Waals surface area (Å²) < 4.78 is 30.6. The molecule has 0 radical (unpaired) electrons. The number of halogens is 3. The highest BCUT2D eigenvalue weighted by Crippen LogP contribution is 2.32. The summed E-state index contributed by atoms with van der Waals surface area (Å²) in [5.74, 6) is -0.714. The first-order valence-electron chi connectivity index (χ1n) is 9.09. The third-order valence-electron chi connectivity index (χ3n) is 4.78. The van der Waals surface area contributed by atoms with Crippen LogP contribution in [0.15, 0.2) is 89.9 Å². The number of aliphatic imine (C=N–C) groups is 1. The van der Waals surface area contributed by atoms with Crippen molar-refractivity contribution in [3.8, 4) is 33.4 Å². The van der Waals surface area contributed by atoms with Gasteiger partial charge in [-0.15, -0.1) is 0 Å². The standard InChI is InChI=1S/C25H14F2INS/c26-24-13-18(5-11-22(24)16-1-7-20(28)8-2-16)19-6-12-23(25(27)14-19)17-3-9-21(10-4-17)29-15-30/h1-14H. The highest BCUT2D eigenvalue weighted by atomic mass is 127. The smallest absolute Gasteiger partial charge is 0.131 e. The third kappa shape index (κ3) is 4.38. The van der Waals surface area contributed by atoms with Crippen LogP contribution in [0.2, 0.25) is 0 Å². The van der Waals surface area contributed by atoms with Gasteiger partial charge in [0.25, 0.3) is 0 Å². The number of hydrogen-bond donors (Lipinski definition) is 0. The summed E-state index contributed by atoms with van der Waals surface area (Å²) in [6, 6.07) is 24.6. The molecular formula is C25H14F2INS. The normalized spacial score (nSPS) is 10.5. The zero-order valence-electron chi connectivity index (χ0n) is 15.6. The Labute approximate surface area is 192 Å². The van der Waals surface area contributed by atoms with E-state index in [2.05, 4.69) is 45.0 Å². The predicted octanol–water partition coefficient (Wildman–Crippen LogP) is 8.30. The van der Waals surface area contributed by atoms with E-state index in [1.165, 1.54) is 12.1 Å². The first kappa shape index (κ1) is 20.5. The molecule has 0 aliphatic rings. The van der Waals surface area contributed by atoms with E-state index >= 15 is 0 Å². The lowest BCUT2D eigenvalue weighted by molar-refractivity contribution is 0.629. The first-order chi connectivity index (χ1) is 14.5. The summed E-state index contributed by atoms with van der Waals surface area (Å²) in [6.45, 7) is 0. The van der Waals surface area contributed by atoms with Crippen molar-refractivity contribution in [3.63, 3.8) is 0 Å². The number of isothiocyanates is 1. The lowest BCUT2D eigenvalue weighted by Gasteiger charge is -2.09. The van der Waals surface area contributed by atoms with Gasteiger partial charge in [-0.1, -0.05) is 48.5 Å². The van der Waals surface area contributed by atoms with Gasteiger partial charge in [-0.25, -0.2) is 8.78 Å². The van der Waals surface area contributed by atoms with Gasteiger partial charge < -0.3 is 0 Å². The van der Waals surface area contributed by atoms with Crippen LogP contribution in [-0.2, 0) is 0 Å². The molecule has 146 valence electrons. The maximum absolute atomic E-state index is 14.8. The van der Waals surface area contributed by atoms with Crippen LogP contribution in [0.4, 0.5) is 14.5 Å². The van der Waals surface area contributed by atoms with Crippen LogP contribution in [0, 0.1) is 15.2 Å². The molecule has 0 atom stereocenters. The van der Waals surface area contributed by atoms with E-state index in [0.717, 1.165) is 14.7 Å². The largest absolute Gasteiger partial charge is 0.206 e. The van der Waals surface area contributed by atoms with Crippen LogP contribution < -0.4 is 0 Å². The molecule has 0 aliphatic carbocycles. The average Bonchev–Trinajstić information content (AvgIpc) is 2.75. The Bertz CT molecular complexity index is 1260. The number of rotatable bonds is 4. The van der Waals surface area contributed by atoms with Crippen LogP contribution in [0.5, 0.6) is 0 Å². The fraction of sp³-hybridized carbons (Fsp3) is 0. The molecule has 0 saturated heterocycles. The monoisotopic (exact) mass is 525 g/mol. The van der Waals surface area contributed by atoms with Gasteiger partial charge in [-0.2, -0.15) is 4.99 Å². The van der Waals surface area contributed by atoms with Gasteiger partial charge in [0.1, 0.15) is 11.6 Å². The van der Waals surface area contributed by atoms with Crippen molar-refractivity contribution >= 4 is 45.7 Å². The zero-order chi connectivity index (χ0) is 21.1. The quantitative estimate of drug-likeness (QED) is 0.148. The molecule has 0 amide bonds. The van der Waals surface area contributed by atoms with Gasteiger partial charge in [0.05, 0.1) is 10.8 Å². The van der Waals surface area contributed by atoms with E-state index < -0.39 is 0 Å². The van der Waals surface area contributed by atoms with Crippen molar-refractivity contribution in [1.29, 1.82) is 0 Å². The van der Waals surface area contributed by atoms with Crippen LogP contribution in [0.25, 0.3) is 33.4 Å². The van der Waals surface area contributed by atoms with E-state index in [9.17, 15) is 8.78 Å². The van der Waals surface area contributed by atoms with Gasteiger partial charge in [0.15, 0.2) is 0 Å². The van der Waals surface area contributed by atoms with Crippen LogP contribution in [-0.4, -0.2) is 5.16 Å². The summed E-state index contributed by atoms with van der Waals surface area (Å²) in [6.07, 6.45) is 0. The Morgan fingerprint density at radius 2 is 1.07 bits per heavy atom. The van der Waals surface area contributed by atoms with Gasteiger partial charge in [-0.05, 0) is 93.5 Å². The van der Waals surface area contributed by atoms with Gasteiger partial charge >= 0.3 is 0 Å². The van der Waals surface area contributed by atoms with Crippen molar-refractivity contribution in [1.82, 2.24) is 0 Å². The fourth-order valence-electron chi connectivity index (χ4n) is 3.26. The summed E-state index contributed by atoms with van der Waals surface area (Å²) in [5.41, 5.74) is 4.42. The molecular weight excluding hydrogens is 511 g/mol. The molecule has 0 fully saturated rings. The molecule has 4 aromatic rings. The van der Waals surface area contributed by atoms with E-state index in [1.807, 2.05) is 30.3 Å². The molecule has 0 spiro atoms. The minimum atomic E-state index is -0.374. The van der Waals surface area contributed by atoms with E-state index in [-0.39, 0.29) is 11.6 Å². The van der Waals surface area contributed by atoms with Gasteiger partial charge in [-0.3, -0.25) is 0 Å². The molecule has 1 nitrogen and oxygen atoms in total. The Balaban J connectivity index is 1.64. The Morgan fingerprint density at radius 3 is 1.50 bits per heavy atom. The molecule has 0 unspecified atom stereocenters. The van der Waals surface area contributed by atoms with E-state index in [4.69, 9.17) is 0 Å².